The quantitative estimate of drug-likeness (QED) is 0.321. The number of aliphatic carboxylic acids is 1. The molecule has 0 aliphatic rings. The summed E-state index contributed by atoms with van der Waals surface area (Å²) in [4.78, 5) is 25.8. The predicted octanol–water partition coefficient (Wildman–Crippen LogP) is 3.92. The van der Waals surface area contributed by atoms with Gasteiger partial charge in [-0.05, 0) is 55.9 Å². The fourth-order valence-corrected chi connectivity index (χ4v) is 5.05. The molecule has 2 heterocycles. The molecule has 38 heavy (non-hydrogen) atoms. The summed E-state index contributed by atoms with van der Waals surface area (Å²) in [6.45, 7) is 2.81. The number of nitrogens with zero attached hydrogens (tertiary/aromatic N) is 3. The number of aromatic nitrogens is 2. The maximum Gasteiger partial charge on any atom is 0.310 e. The largest absolute Gasteiger partial charge is 0.505 e. The van der Waals surface area contributed by atoms with Crippen LogP contribution in [0.2, 0.25) is 0 Å². The number of phenols is 1. The lowest BCUT2D eigenvalue weighted by Crippen LogP contribution is -2.20. The average molecular weight is 528 g/mol. The topological polar surface area (TPSA) is 96.9 Å². The number of aryl methyl sites for hydroxylation is 1. The van der Waals surface area contributed by atoms with Gasteiger partial charge in [0.15, 0.2) is 11.6 Å². The van der Waals surface area contributed by atoms with Crippen molar-refractivity contribution < 1.29 is 33.3 Å². The summed E-state index contributed by atoms with van der Waals surface area (Å²) < 4.78 is 38.4. The van der Waals surface area contributed by atoms with Crippen molar-refractivity contribution >= 4 is 33.7 Å². The Hall–Kier alpha value is -3.92. The van der Waals surface area contributed by atoms with Crippen molar-refractivity contribution in [1.29, 1.82) is 0 Å². The van der Waals surface area contributed by atoms with Crippen LogP contribution in [0.3, 0.4) is 0 Å². The lowest BCUT2D eigenvalue weighted by molar-refractivity contribution is -0.140. The van der Waals surface area contributed by atoms with Crippen LogP contribution in [0, 0.1) is 18.6 Å². The highest BCUT2D eigenvalue weighted by Crippen LogP contribution is 2.35. The molecule has 0 saturated carbocycles. The number of hydrogen-bond acceptors (Lipinski definition) is 5. The number of fused-ring (bicyclic) bond motifs is 2. The molecule has 0 bridgehead atoms. The minimum absolute atomic E-state index is 0.0245. The zero-order valence-corrected chi connectivity index (χ0v) is 22.1. The third-order valence-corrected chi connectivity index (χ3v) is 7.15. The summed E-state index contributed by atoms with van der Waals surface area (Å²) in [5.74, 6) is -3.41. The summed E-state index contributed by atoms with van der Waals surface area (Å²) in [6, 6.07) is 5.51. The van der Waals surface area contributed by atoms with Gasteiger partial charge in [-0.2, -0.15) is 0 Å². The Morgan fingerprint density at radius 1 is 1.00 bits per heavy atom. The number of benzene rings is 2. The van der Waals surface area contributed by atoms with Crippen molar-refractivity contribution in [3.05, 3.63) is 64.0 Å². The molecule has 0 atom stereocenters. The molecule has 10 heteroatoms. The molecular weight excluding hydrogens is 496 g/mol. The molecular formula is C28H31F2N3O5. The number of aromatic hydroxyl groups is 1. The first-order valence-electron chi connectivity index (χ1n) is 12.1. The van der Waals surface area contributed by atoms with Gasteiger partial charge in [0.1, 0.15) is 5.82 Å². The van der Waals surface area contributed by atoms with Gasteiger partial charge >= 0.3 is 11.9 Å². The van der Waals surface area contributed by atoms with E-state index in [1.165, 1.54) is 25.3 Å². The van der Waals surface area contributed by atoms with Crippen molar-refractivity contribution in [3.8, 4) is 5.75 Å². The number of ether oxygens (including phenoxy) is 1. The fourth-order valence-electron chi connectivity index (χ4n) is 5.05. The second-order valence-electron chi connectivity index (χ2n) is 9.78. The molecule has 0 spiro atoms. The van der Waals surface area contributed by atoms with E-state index in [0.717, 1.165) is 11.3 Å². The van der Waals surface area contributed by atoms with Crippen molar-refractivity contribution in [2.24, 2.45) is 7.05 Å². The van der Waals surface area contributed by atoms with Crippen LogP contribution in [0.1, 0.15) is 28.1 Å². The smallest absolute Gasteiger partial charge is 0.310 e. The number of carbonyl (C=O) groups is 2. The average Bonchev–Trinajstić information content (AvgIpc) is 3.23. The number of esters is 1. The van der Waals surface area contributed by atoms with E-state index in [2.05, 4.69) is 0 Å². The van der Waals surface area contributed by atoms with E-state index in [9.17, 15) is 24.2 Å². The van der Waals surface area contributed by atoms with Crippen LogP contribution < -0.4 is 0 Å². The first-order valence-corrected chi connectivity index (χ1v) is 12.1. The normalized spacial score (nSPS) is 11.7. The molecule has 0 aliphatic carbocycles. The van der Waals surface area contributed by atoms with Crippen molar-refractivity contribution in [3.63, 3.8) is 0 Å². The maximum absolute atomic E-state index is 15.5. The molecule has 0 unspecified atom stereocenters. The Morgan fingerprint density at radius 2 is 1.66 bits per heavy atom. The van der Waals surface area contributed by atoms with E-state index < -0.39 is 29.3 Å². The minimum Gasteiger partial charge on any atom is -0.505 e. The number of phenolic OH excluding ortho intramolecular Hbond substituents is 1. The number of carbonyl (C=O) groups excluding carboxylic acids is 1. The van der Waals surface area contributed by atoms with Gasteiger partial charge in [-0.1, -0.05) is 0 Å². The van der Waals surface area contributed by atoms with Gasteiger partial charge in [-0.3, -0.25) is 9.59 Å². The van der Waals surface area contributed by atoms with Crippen LogP contribution in [0.15, 0.2) is 24.3 Å². The van der Waals surface area contributed by atoms with Crippen LogP contribution in [-0.4, -0.2) is 63.9 Å². The van der Waals surface area contributed by atoms with Crippen LogP contribution in [0.4, 0.5) is 8.78 Å². The predicted molar refractivity (Wildman–Crippen MR) is 140 cm³/mol. The van der Waals surface area contributed by atoms with Crippen molar-refractivity contribution in [2.75, 3.05) is 27.7 Å². The first kappa shape index (κ1) is 27.1. The third kappa shape index (κ3) is 4.96. The summed E-state index contributed by atoms with van der Waals surface area (Å²) in [7, 11) is 6.86. The Bertz CT molecular complexity index is 1570. The highest BCUT2D eigenvalue weighted by molar-refractivity contribution is 5.92. The van der Waals surface area contributed by atoms with E-state index in [0.29, 0.717) is 51.7 Å². The van der Waals surface area contributed by atoms with Crippen molar-refractivity contribution in [2.45, 2.75) is 32.7 Å². The molecule has 8 nitrogen and oxygen atoms in total. The molecule has 0 aliphatic heterocycles. The molecule has 0 amide bonds. The number of halogens is 2. The summed E-state index contributed by atoms with van der Waals surface area (Å²) in [5, 5.41) is 20.8. The lowest BCUT2D eigenvalue weighted by Gasteiger charge is -2.16. The molecule has 0 fully saturated rings. The van der Waals surface area contributed by atoms with E-state index in [-0.39, 0.29) is 19.3 Å². The van der Waals surface area contributed by atoms with Crippen LogP contribution in [0.5, 0.6) is 5.75 Å². The first-order chi connectivity index (χ1) is 17.9. The van der Waals surface area contributed by atoms with Crippen LogP contribution in [-0.2, 0) is 47.2 Å². The number of carboxylic acids is 1. The lowest BCUT2D eigenvalue weighted by atomic mass is 9.99. The van der Waals surface area contributed by atoms with E-state index in [4.69, 9.17) is 4.74 Å². The van der Waals surface area contributed by atoms with Crippen molar-refractivity contribution in [1.82, 2.24) is 14.0 Å². The molecule has 4 rings (SSSR count). The van der Waals surface area contributed by atoms with Gasteiger partial charge in [0.2, 0.25) is 0 Å². The SMILES string of the molecule is COC(=O)Cc1c(C)n(C)c2cc(F)c(Cc3c(CC(=O)O)c4cc(O)c(F)cc4n3CCN(C)C)cc12. The van der Waals surface area contributed by atoms with Gasteiger partial charge in [0.25, 0.3) is 0 Å². The fraction of sp³-hybridized carbons (Fsp3) is 0.357. The Kier molecular flexibility index (Phi) is 7.46. The molecule has 4 aromatic rings. The maximum atomic E-state index is 15.5. The number of carboxylic acid groups (broad SMARTS) is 1. The monoisotopic (exact) mass is 527 g/mol. The molecule has 2 aromatic heterocycles. The van der Waals surface area contributed by atoms with E-state index in [1.54, 1.807) is 17.7 Å². The summed E-state index contributed by atoms with van der Waals surface area (Å²) in [5.41, 5.74) is 3.79. The zero-order valence-electron chi connectivity index (χ0n) is 22.1. The summed E-state index contributed by atoms with van der Waals surface area (Å²) >= 11 is 0. The summed E-state index contributed by atoms with van der Waals surface area (Å²) in [6.07, 6.45) is -0.328. The van der Waals surface area contributed by atoms with Crippen LogP contribution in [0.25, 0.3) is 21.8 Å². The Balaban J connectivity index is 1.95. The zero-order chi connectivity index (χ0) is 27.9. The van der Waals surface area contributed by atoms with Gasteiger partial charge in [-0.25, -0.2) is 8.78 Å². The van der Waals surface area contributed by atoms with Gasteiger partial charge in [0.05, 0.1) is 31.0 Å². The molecule has 202 valence electrons. The van der Waals surface area contributed by atoms with E-state index in [1.807, 2.05) is 30.5 Å². The second-order valence-corrected chi connectivity index (χ2v) is 9.78. The number of likely N-dealkylation sites (N-methyl/N-ethyl adjacent to an activating group) is 1. The van der Waals surface area contributed by atoms with Gasteiger partial charge in [-0.15, -0.1) is 0 Å². The molecule has 0 saturated heterocycles. The second kappa shape index (κ2) is 10.4. The third-order valence-electron chi connectivity index (χ3n) is 7.15. The number of rotatable bonds is 9. The standard InChI is InChI=1S/C28H31F2N3O5/c1-15-17(12-28(37)38-5)18-8-16(21(29)13-23(18)32(15)4)9-24-20(11-27(35)36)19-10-26(34)22(30)14-25(19)33(24)7-6-31(2)3/h8,10,13-14,34H,6-7,9,11-12H2,1-5H3,(H,35,36). The highest BCUT2D eigenvalue weighted by Gasteiger charge is 2.24. The van der Waals surface area contributed by atoms with Gasteiger partial charge < -0.3 is 29.0 Å². The molecule has 2 N–H and O–H groups in total. The molecule has 0 radical (unpaired) electrons. The number of methoxy groups -OCH3 is 1. The minimum atomic E-state index is -1.10. The van der Waals surface area contributed by atoms with Crippen LogP contribution >= 0.6 is 0 Å². The van der Waals surface area contributed by atoms with Gasteiger partial charge in [0, 0.05) is 54.8 Å². The number of hydrogen-bond donors (Lipinski definition) is 2. The molecule has 2 aromatic carbocycles. The van der Waals surface area contributed by atoms with E-state index >= 15 is 4.39 Å². The Labute approximate surface area is 218 Å². The highest BCUT2D eigenvalue weighted by atomic mass is 19.1. The Morgan fingerprint density at radius 3 is 2.29 bits per heavy atom.